The topological polar surface area (TPSA) is 66.8 Å². The maximum Gasteiger partial charge on any atom is 0.421 e. The van der Waals surface area contributed by atoms with Gasteiger partial charge in [0.25, 0.3) is 11.3 Å². The number of nitrogens with zero attached hydrogens (tertiary/aromatic N) is 1. The molecule has 1 aromatic carbocycles. The monoisotopic (exact) mass is 409 g/mol. The highest BCUT2D eigenvalue weighted by molar-refractivity contribution is 9.10. The number of amides is 1. The van der Waals surface area contributed by atoms with Crippen molar-refractivity contribution < 1.29 is 18.3 Å². The molecule has 1 heterocycles. The van der Waals surface area contributed by atoms with E-state index in [-0.39, 0.29) is 6.61 Å². The molecule has 5 nitrogen and oxygen atoms in total. The van der Waals surface area contributed by atoms with Gasteiger partial charge in [-0.2, -0.15) is 4.31 Å². The van der Waals surface area contributed by atoms with Gasteiger partial charge in [0.2, 0.25) is 0 Å². The number of hydrogen-bond acceptors (Lipinski definition) is 3. The second-order valence-corrected chi connectivity index (χ2v) is 7.62. The van der Waals surface area contributed by atoms with Gasteiger partial charge in [0, 0.05) is 15.9 Å². The average Bonchev–Trinajstić information content (AvgIpc) is 2.77. The lowest BCUT2D eigenvalue weighted by Gasteiger charge is -2.33. The maximum atomic E-state index is 11.9. The first-order valence-electron chi connectivity index (χ1n) is 6.92. The number of hydrogen-bond donors (Lipinski definition) is 1. The Morgan fingerprint density at radius 1 is 1.59 bits per heavy atom. The van der Waals surface area contributed by atoms with E-state index in [4.69, 9.17) is 15.8 Å². The number of unbranched alkanes of at least 4 members (excludes halogenated alkanes) is 1. The summed E-state index contributed by atoms with van der Waals surface area (Å²) < 4.78 is 18.8. The van der Waals surface area contributed by atoms with E-state index in [9.17, 15) is 14.1 Å². The summed E-state index contributed by atoms with van der Waals surface area (Å²) in [5, 5.41) is 10.0. The molecular formula is C14H17BrClNO4S. The van der Waals surface area contributed by atoms with Crippen LogP contribution in [-0.4, -0.2) is 31.9 Å². The van der Waals surface area contributed by atoms with Crippen LogP contribution in [0, 0.1) is 0 Å². The predicted octanol–water partition coefficient (Wildman–Crippen LogP) is 4.16. The minimum absolute atomic E-state index is 0.126. The summed E-state index contributed by atoms with van der Waals surface area (Å²) in [5.74, 6) is 0. The minimum atomic E-state index is -1.96. The number of rotatable bonds is 5. The quantitative estimate of drug-likeness (QED) is 0.791. The fraction of sp³-hybridized carbons (Fsp3) is 0.500. The standard InChI is InChI=1S/C14H17BrClNO4S/c1-2-3-6-14(9-21-22(20)17(14)13(18)19)8-10-4-5-11(16)7-12(10)15/h4-5,7H,2-3,6,8-9H2,1H3,(H,18,19). The van der Waals surface area contributed by atoms with Crippen molar-refractivity contribution >= 4 is 44.9 Å². The van der Waals surface area contributed by atoms with E-state index in [1.54, 1.807) is 12.1 Å². The highest BCUT2D eigenvalue weighted by atomic mass is 79.9. The Morgan fingerprint density at radius 3 is 2.91 bits per heavy atom. The predicted molar refractivity (Wildman–Crippen MR) is 89.1 cm³/mol. The van der Waals surface area contributed by atoms with Gasteiger partial charge >= 0.3 is 6.09 Å². The maximum absolute atomic E-state index is 11.9. The Hall–Kier alpha value is -0.630. The SMILES string of the molecule is CCCCC1(Cc2ccc(Cl)cc2Br)COS(=O)N1C(=O)O. The van der Waals surface area contributed by atoms with Gasteiger partial charge < -0.3 is 5.11 Å². The number of carbonyl (C=O) groups is 1. The summed E-state index contributed by atoms with van der Waals surface area (Å²) >= 11 is 7.44. The third-order valence-corrected chi connectivity index (χ3v) is 5.85. The molecule has 2 atom stereocenters. The summed E-state index contributed by atoms with van der Waals surface area (Å²) in [4.78, 5) is 11.5. The Kier molecular flexibility index (Phi) is 5.87. The van der Waals surface area contributed by atoms with E-state index in [0.29, 0.717) is 17.9 Å². The Balaban J connectivity index is 2.37. The van der Waals surface area contributed by atoms with Crippen LogP contribution in [0.2, 0.25) is 5.02 Å². The van der Waals surface area contributed by atoms with Gasteiger partial charge in [-0.25, -0.2) is 9.00 Å². The molecule has 1 amide bonds. The minimum Gasteiger partial charge on any atom is -0.464 e. The van der Waals surface area contributed by atoms with Gasteiger partial charge in [0.1, 0.15) is 0 Å². The molecule has 1 N–H and O–H groups in total. The van der Waals surface area contributed by atoms with E-state index in [1.165, 1.54) is 0 Å². The Bertz CT molecular complexity index is 600. The molecule has 0 aliphatic carbocycles. The molecule has 0 spiro atoms. The first kappa shape index (κ1) is 17.7. The summed E-state index contributed by atoms with van der Waals surface area (Å²) in [6, 6.07) is 5.37. The van der Waals surface area contributed by atoms with Gasteiger partial charge in [-0.3, -0.25) is 4.18 Å². The van der Waals surface area contributed by atoms with Gasteiger partial charge in [-0.1, -0.05) is 53.4 Å². The summed E-state index contributed by atoms with van der Waals surface area (Å²) in [6.07, 6.45) is 1.54. The van der Waals surface area contributed by atoms with Gasteiger partial charge in [-0.15, -0.1) is 0 Å². The Morgan fingerprint density at radius 2 is 2.32 bits per heavy atom. The van der Waals surface area contributed by atoms with Gasteiger partial charge in [0.15, 0.2) is 0 Å². The van der Waals surface area contributed by atoms with Crippen molar-refractivity contribution in [2.24, 2.45) is 0 Å². The second-order valence-electron chi connectivity index (χ2n) is 5.30. The van der Waals surface area contributed by atoms with Crippen molar-refractivity contribution in [3.63, 3.8) is 0 Å². The van der Waals surface area contributed by atoms with Crippen molar-refractivity contribution in [1.29, 1.82) is 0 Å². The first-order chi connectivity index (χ1) is 10.4. The number of benzene rings is 1. The molecule has 2 unspecified atom stereocenters. The third-order valence-electron chi connectivity index (χ3n) is 3.71. The zero-order valence-electron chi connectivity index (χ0n) is 12.1. The van der Waals surface area contributed by atoms with Crippen LogP contribution in [0.5, 0.6) is 0 Å². The zero-order valence-corrected chi connectivity index (χ0v) is 15.2. The van der Waals surface area contributed by atoms with E-state index < -0.39 is 22.9 Å². The van der Waals surface area contributed by atoms with Crippen molar-refractivity contribution in [3.05, 3.63) is 33.3 Å². The molecule has 0 aromatic heterocycles. The smallest absolute Gasteiger partial charge is 0.421 e. The molecule has 1 aliphatic heterocycles. The van der Waals surface area contributed by atoms with Crippen LogP contribution in [-0.2, 0) is 21.9 Å². The number of halogens is 2. The molecule has 22 heavy (non-hydrogen) atoms. The van der Waals surface area contributed by atoms with Crippen LogP contribution in [0.4, 0.5) is 4.79 Å². The number of carboxylic acid groups (broad SMARTS) is 1. The molecule has 1 fully saturated rings. The molecule has 122 valence electrons. The summed E-state index contributed by atoms with van der Waals surface area (Å²) in [7, 11) is 0. The highest BCUT2D eigenvalue weighted by Crippen LogP contribution is 2.37. The van der Waals surface area contributed by atoms with Crippen molar-refractivity contribution in [2.45, 2.75) is 38.1 Å². The van der Waals surface area contributed by atoms with Crippen molar-refractivity contribution in [1.82, 2.24) is 4.31 Å². The third kappa shape index (κ3) is 3.64. The molecular weight excluding hydrogens is 394 g/mol. The molecule has 0 bridgehead atoms. The summed E-state index contributed by atoms with van der Waals surface area (Å²) in [5.41, 5.74) is 0.0949. The molecule has 1 aliphatic rings. The van der Waals surface area contributed by atoms with Crippen LogP contribution in [0.15, 0.2) is 22.7 Å². The molecule has 1 saturated heterocycles. The van der Waals surface area contributed by atoms with E-state index >= 15 is 0 Å². The lowest BCUT2D eigenvalue weighted by molar-refractivity contribution is 0.124. The van der Waals surface area contributed by atoms with Crippen molar-refractivity contribution in [2.75, 3.05) is 6.61 Å². The van der Waals surface area contributed by atoms with Crippen LogP contribution < -0.4 is 0 Å². The van der Waals surface area contributed by atoms with Crippen LogP contribution in [0.1, 0.15) is 31.7 Å². The van der Waals surface area contributed by atoms with Crippen LogP contribution in [0.25, 0.3) is 0 Å². The average molecular weight is 411 g/mol. The van der Waals surface area contributed by atoms with Gasteiger partial charge in [0.05, 0.1) is 12.1 Å². The Labute approximate surface area is 145 Å². The van der Waals surface area contributed by atoms with E-state index in [0.717, 1.165) is 27.2 Å². The van der Waals surface area contributed by atoms with E-state index in [1.807, 2.05) is 13.0 Å². The van der Waals surface area contributed by atoms with Crippen LogP contribution in [0.3, 0.4) is 0 Å². The largest absolute Gasteiger partial charge is 0.464 e. The van der Waals surface area contributed by atoms with Crippen LogP contribution >= 0.6 is 27.5 Å². The normalized spacial score (nSPS) is 24.7. The fourth-order valence-corrected chi connectivity index (χ4v) is 4.51. The molecule has 8 heteroatoms. The molecule has 1 aromatic rings. The lowest BCUT2D eigenvalue weighted by atomic mass is 9.86. The highest BCUT2D eigenvalue weighted by Gasteiger charge is 2.50. The second kappa shape index (κ2) is 7.29. The fourth-order valence-electron chi connectivity index (χ4n) is 2.61. The first-order valence-corrected chi connectivity index (χ1v) is 9.12. The summed E-state index contributed by atoms with van der Waals surface area (Å²) in [6.45, 7) is 2.16. The molecule has 0 saturated carbocycles. The lowest BCUT2D eigenvalue weighted by Crippen LogP contribution is -2.50. The van der Waals surface area contributed by atoms with E-state index in [2.05, 4.69) is 15.9 Å². The van der Waals surface area contributed by atoms with Gasteiger partial charge in [-0.05, 0) is 24.1 Å². The molecule has 2 rings (SSSR count). The zero-order chi connectivity index (χ0) is 16.3. The van der Waals surface area contributed by atoms with Crippen molar-refractivity contribution in [3.8, 4) is 0 Å². The molecule has 0 radical (unpaired) electrons.